The second-order valence-electron chi connectivity index (χ2n) is 8.37. The third-order valence-corrected chi connectivity index (χ3v) is 6.06. The lowest BCUT2D eigenvalue weighted by Crippen LogP contribution is -2.40. The summed E-state index contributed by atoms with van der Waals surface area (Å²) in [5.41, 5.74) is 8.61. The van der Waals surface area contributed by atoms with Gasteiger partial charge in [0, 0.05) is 18.7 Å². The molecule has 4 N–H and O–H groups in total. The first-order valence-corrected chi connectivity index (χ1v) is 11.5. The van der Waals surface area contributed by atoms with Gasteiger partial charge in [0.15, 0.2) is 5.96 Å². The fourth-order valence-corrected chi connectivity index (χ4v) is 4.25. The molecule has 0 saturated carbocycles. The summed E-state index contributed by atoms with van der Waals surface area (Å²) in [4.78, 5) is 14.6. The molecule has 4 rings (SSSR count). The van der Waals surface area contributed by atoms with Gasteiger partial charge in [-0.15, -0.1) is 0 Å². The van der Waals surface area contributed by atoms with Crippen molar-refractivity contribution in [2.24, 2.45) is 5.73 Å². The van der Waals surface area contributed by atoms with E-state index in [0.717, 1.165) is 50.2 Å². The lowest BCUT2D eigenvalue weighted by Gasteiger charge is -2.29. The van der Waals surface area contributed by atoms with Gasteiger partial charge in [0.05, 0.1) is 6.61 Å². The Morgan fingerprint density at radius 3 is 2.58 bits per heavy atom. The van der Waals surface area contributed by atoms with Gasteiger partial charge >= 0.3 is 5.97 Å². The van der Waals surface area contributed by atoms with Crippen LogP contribution in [0.15, 0.2) is 42.5 Å². The molecule has 176 valence electrons. The van der Waals surface area contributed by atoms with Crippen molar-refractivity contribution >= 4 is 11.9 Å². The predicted molar refractivity (Wildman–Crippen MR) is 125 cm³/mol. The van der Waals surface area contributed by atoms with Gasteiger partial charge in [-0.25, -0.2) is 4.79 Å². The zero-order chi connectivity index (χ0) is 23.2. The van der Waals surface area contributed by atoms with E-state index in [2.05, 4.69) is 5.32 Å². The number of ether oxygens (including phenoxy) is 3. The molecule has 8 nitrogen and oxygen atoms in total. The van der Waals surface area contributed by atoms with Crippen LogP contribution in [0.1, 0.15) is 42.6 Å². The van der Waals surface area contributed by atoms with E-state index in [9.17, 15) is 4.79 Å². The minimum atomic E-state index is -0.886. The van der Waals surface area contributed by atoms with Gasteiger partial charge in [-0.05, 0) is 74.7 Å². The predicted octanol–water partition coefficient (Wildman–Crippen LogP) is 2.75. The number of rotatable bonds is 7. The first-order valence-electron chi connectivity index (χ1n) is 11.5. The third kappa shape index (κ3) is 5.76. The number of piperidine rings is 1. The van der Waals surface area contributed by atoms with Crippen molar-refractivity contribution in [2.75, 3.05) is 26.2 Å². The van der Waals surface area contributed by atoms with E-state index in [1.54, 1.807) is 6.92 Å². The molecule has 0 radical (unpaired) electrons. The number of nitrogens with two attached hydrogens (primary N) is 1. The molecule has 2 aromatic rings. The summed E-state index contributed by atoms with van der Waals surface area (Å²) in [6, 6.07) is 13.3. The summed E-state index contributed by atoms with van der Waals surface area (Å²) in [5.74, 6) is 0.981. The SMILES string of the molecule is CCOC(=O)C(Oc1ccc2c(c1)CN(C(=N)N)CC2)c1ccc(OC2CCNCC2)cc1. The van der Waals surface area contributed by atoms with Crippen molar-refractivity contribution in [1.29, 1.82) is 5.41 Å². The van der Waals surface area contributed by atoms with Gasteiger partial charge < -0.3 is 30.2 Å². The number of esters is 1. The van der Waals surface area contributed by atoms with Crippen LogP contribution in [0, 0.1) is 5.41 Å². The Hall–Kier alpha value is -3.26. The largest absolute Gasteiger partial charge is 0.490 e. The number of carbonyl (C=O) groups excluding carboxylic acids is 1. The molecule has 2 aliphatic rings. The average molecular weight is 453 g/mol. The van der Waals surface area contributed by atoms with Crippen LogP contribution >= 0.6 is 0 Å². The Balaban J connectivity index is 1.50. The fourth-order valence-electron chi connectivity index (χ4n) is 4.25. The molecule has 2 heterocycles. The van der Waals surface area contributed by atoms with Crippen LogP contribution in [-0.2, 0) is 22.5 Å². The minimum absolute atomic E-state index is 0.0585. The van der Waals surface area contributed by atoms with E-state index >= 15 is 0 Å². The van der Waals surface area contributed by atoms with Crippen molar-refractivity contribution < 1.29 is 19.0 Å². The molecule has 2 aromatic carbocycles. The van der Waals surface area contributed by atoms with Crippen molar-refractivity contribution in [2.45, 2.75) is 44.9 Å². The first-order chi connectivity index (χ1) is 16.0. The van der Waals surface area contributed by atoms with Crippen molar-refractivity contribution in [1.82, 2.24) is 10.2 Å². The molecule has 1 fully saturated rings. The van der Waals surface area contributed by atoms with Crippen LogP contribution < -0.4 is 20.5 Å². The normalized spacial score (nSPS) is 17.1. The molecule has 0 spiro atoms. The van der Waals surface area contributed by atoms with E-state index in [1.807, 2.05) is 47.4 Å². The van der Waals surface area contributed by atoms with Crippen LogP contribution in [0.4, 0.5) is 0 Å². The highest BCUT2D eigenvalue weighted by Crippen LogP contribution is 2.29. The van der Waals surface area contributed by atoms with E-state index in [-0.39, 0.29) is 18.7 Å². The highest BCUT2D eigenvalue weighted by atomic mass is 16.6. The Morgan fingerprint density at radius 2 is 1.88 bits per heavy atom. The van der Waals surface area contributed by atoms with Crippen molar-refractivity contribution in [3.8, 4) is 11.5 Å². The molecule has 0 aliphatic carbocycles. The maximum atomic E-state index is 12.7. The van der Waals surface area contributed by atoms with Crippen LogP contribution in [0.5, 0.6) is 11.5 Å². The van der Waals surface area contributed by atoms with Crippen molar-refractivity contribution in [3.05, 3.63) is 59.2 Å². The first kappa shape index (κ1) is 22.9. The number of guanidine groups is 1. The molecule has 8 heteroatoms. The topological polar surface area (TPSA) is 110 Å². The Labute approximate surface area is 194 Å². The second-order valence-corrected chi connectivity index (χ2v) is 8.37. The standard InChI is InChI=1S/C25H32N4O4/c1-2-31-24(30)23(18-4-6-20(7-5-18)32-21-9-12-28-13-10-21)33-22-8-3-17-11-14-29(25(26)27)16-19(17)15-22/h3-8,15,21,23,28H,2,9-14,16H2,1H3,(H3,26,27). The maximum absolute atomic E-state index is 12.7. The van der Waals surface area contributed by atoms with E-state index in [0.29, 0.717) is 17.9 Å². The van der Waals surface area contributed by atoms with E-state index in [4.69, 9.17) is 25.4 Å². The quantitative estimate of drug-likeness (QED) is 0.337. The second kappa shape index (κ2) is 10.6. The number of carbonyl (C=O) groups is 1. The number of benzene rings is 2. The fraction of sp³-hybridized carbons (Fsp3) is 0.440. The highest BCUT2D eigenvalue weighted by Gasteiger charge is 2.26. The van der Waals surface area contributed by atoms with Gasteiger partial charge in [0.25, 0.3) is 0 Å². The number of nitrogens with one attached hydrogen (secondary N) is 2. The molecule has 0 bridgehead atoms. The molecular formula is C25H32N4O4. The summed E-state index contributed by atoms with van der Waals surface area (Å²) < 4.78 is 17.5. The third-order valence-electron chi connectivity index (χ3n) is 6.06. The number of hydrogen-bond donors (Lipinski definition) is 3. The van der Waals surface area contributed by atoms with Crippen molar-refractivity contribution in [3.63, 3.8) is 0 Å². The van der Waals surface area contributed by atoms with Gasteiger partial charge in [-0.1, -0.05) is 18.2 Å². The van der Waals surface area contributed by atoms with Gasteiger partial charge in [0.1, 0.15) is 17.6 Å². The van der Waals surface area contributed by atoms with E-state index in [1.165, 1.54) is 5.56 Å². The number of hydrogen-bond acceptors (Lipinski definition) is 6. The van der Waals surface area contributed by atoms with Gasteiger partial charge in [0.2, 0.25) is 6.10 Å². The zero-order valence-electron chi connectivity index (χ0n) is 19.0. The molecule has 0 amide bonds. The summed E-state index contributed by atoms with van der Waals surface area (Å²) >= 11 is 0. The summed E-state index contributed by atoms with van der Waals surface area (Å²) in [5, 5.41) is 11.0. The number of fused-ring (bicyclic) bond motifs is 1. The monoisotopic (exact) mass is 452 g/mol. The molecule has 2 aliphatic heterocycles. The molecule has 0 aromatic heterocycles. The van der Waals surface area contributed by atoms with Crippen LogP contribution in [-0.4, -0.2) is 49.2 Å². The van der Waals surface area contributed by atoms with Crippen LogP contribution in [0.3, 0.4) is 0 Å². The highest BCUT2D eigenvalue weighted by molar-refractivity contribution is 5.77. The van der Waals surface area contributed by atoms with Crippen LogP contribution in [0.25, 0.3) is 0 Å². The number of nitrogens with zero attached hydrogens (tertiary/aromatic N) is 1. The molecule has 33 heavy (non-hydrogen) atoms. The molecule has 1 unspecified atom stereocenters. The van der Waals surface area contributed by atoms with Crippen LogP contribution in [0.2, 0.25) is 0 Å². The molecular weight excluding hydrogens is 420 g/mol. The lowest BCUT2D eigenvalue weighted by molar-refractivity contribution is -0.151. The Morgan fingerprint density at radius 1 is 1.15 bits per heavy atom. The summed E-state index contributed by atoms with van der Waals surface area (Å²) in [7, 11) is 0. The maximum Gasteiger partial charge on any atom is 0.352 e. The molecule has 1 saturated heterocycles. The lowest BCUT2D eigenvalue weighted by atomic mass is 9.99. The summed E-state index contributed by atoms with van der Waals surface area (Å²) in [6.07, 6.45) is 2.10. The summed E-state index contributed by atoms with van der Waals surface area (Å²) in [6.45, 7) is 5.25. The average Bonchev–Trinajstić information content (AvgIpc) is 2.83. The smallest absolute Gasteiger partial charge is 0.352 e. The Bertz CT molecular complexity index is 973. The van der Waals surface area contributed by atoms with Gasteiger partial charge in [-0.2, -0.15) is 0 Å². The van der Waals surface area contributed by atoms with Gasteiger partial charge in [-0.3, -0.25) is 5.41 Å². The Kier molecular flexibility index (Phi) is 7.34. The van der Waals surface area contributed by atoms with E-state index < -0.39 is 12.1 Å². The zero-order valence-corrected chi connectivity index (χ0v) is 19.0. The molecule has 1 atom stereocenters. The minimum Gasteiger partial charge on any atom is -0.490 e.